The number of fused-ring (bicyclic) bond motifs is 1. The van der Waals surface area contributed by atoms with E-state index >= 15 is 0 Å². The van der Waals surface area contributed by atoms with Crippen LogP contribution in [0.3, 0.4) is 0 Å². The summed E-state index contributed by atoms with van der Waals surface area (Å²) in [6, 6.07) is 5.40. The van der Waals surface area contributed by atoms with Crippen LogP contribution in [0.1, 0.15) is 6.92 Å². The molecule has 15 heavy (non-hydrogen) atoms. The summed E-state index contributed by atoms with van der Waals surface area (Å²) < 4.78 is 25.0. The van der Waals surface area contributed by atoms with E-state index in [4.69, 9.17) is 0 Å². The SMILES string of the molecule is CC1CNc2cc(I)ccc2S(=O)(=O)C1. The second kappa shape index (κ2) is 3.93. The van der Waals surface area contributed by atoms with Gasteiger partial charge in [0.05, 0.1) is 16.3 Å². The van der Waals surface area contributed by atoms with Crippen LogP contribution >= 0.6 is 22.6 Å². The van der Waals surface area contributed by atoms with Gasteiger partial charge < -0.3 is 5.32 Å². The van der Waals surface area contributed by atoms with Gasteiger partial charge in [-0.05, 0) is 46.7 Å². The lowest BCUT2D eigenvalue weighted by atomic mass is 10.2. The molecule has 1 atom stereocenters. The molecule has 0 saturated carbocycles. The van der Waals surface area contributed by atoms with Crippen LogP contribution in [0.25, 0.3) is 0 Å². The first-order valence-corrected chi connectivity index (χ1v) is 7.48. The topological polar surface area (TPSA) is 46.2 Å². The fourth-order valence-electron chi connectivity index (χ4n) is 1.72. The van der Waals surface area contributed by atoms with Crippen molar-refractivity contribution in [2.45, 2.75) is 11.8 Å². The standard InChI is InChI=1S/C10H12INO2S/c1-7-5-12-9-4-8(11)2-3-10(9)15(13,14)6-7/h2-4,7,12H,5-6H2,1H3. The van der Waals surface area contributed by atoms with E-state index in [-0.39, 0.29) is 11.7 Å². The number of benzene rings is 1. The lowest BCUT2D eigenvalue weighted by Gasteiger charge is -2.07. The minimum absolute atomic E-state index is 0.153. The number of rotatable bonds is 0. The molecule has 1 heterocycles. The van der Waals surface area contributed by atoms with Gasteiger partial charge in [-0.3, -0.25) is 0 Å². The third kappa shape index (κ3) is 2.28. The minimum Gasteiger partial charge on any atom is -0.384 e. The van der Waals surface area contributed by atoms with Crippen molar-refractivity contribution < 1.29 is 8.42 Å². The Hall–Kier alpha value is -0.300. The van der Waals surface area contributed by atoms with Crippen LogP contribution < -0.4 is 5.32 Å². The Labute approximate surface area is 103 Å². The van der Waals surface area contributed by atoms with Crippen molar-refractivity contribution in [3.05, 3.63) is 21.8 Å². The summed E-state index contributed by atoms with van der Waals surface area (Å²) in [6.07, 6.45) is 0. The number of anilines is 1. The maximum absolute atomic E-state index is 12.0. The summed E-state index contributed by atoms with van der Waals surface area (Å²) in [5.41, 5.74) is 0.742. The van der Waals surface area contributed by atoms with Gasteiger partial charge in [-0.15, -0.1) is 0 Å². The molecular formula is C10H12INO2S. The van der Waals surface area contributed by atoms with Gasteiger partial charge in [-0.25, -0.2) is 8.42 Å². The quantitative estimate of drug-likeness (QED) is 0.738. The number of hydrogen-bond donors (Lipinski definition) is 1. The normalized spacial score (nSPS) is 23.7. The number of nitrogens with one attached hydrogen (secondary N) is 1. The maximum atomic E-state index is 12.0. The first-order chi connectivity index (χ1) is 6.99. The molecule has 0 amide bonds. The molecule has 0 aliphatic carbocycles. The maximum Gasteiger partial charge on any atom is 0.180 e. The van der Waals surface area contributed by atoms with Crippen molar-refractivity contribution in [1.82, 2.24) is 0 Å². The highest BCUT2D eigenvalue weighted by molar-refractivity contribution is 14.1. The second-order valence-electron chi connectivity index (χ2n) is 3.91. The summed E-state index contributed by atoms with van der Waals surface area (Å²) in [5, 5.41) is 3.19. The van der Waals surface area contributed by atoms with E-state index in [0.717, 1.165) is 9.26 Å². The molecule has 3 nitrogen and oxygen atoms in total. The first-order valence-electron chi connectivity index (χ1n) is 4.75. The molecule has 1 aliphatic heterocycles. The molecule has 0 aromatic heterocycles. The van der Waals surface area contributed by atoms with Crippen LogP contribution in [-0.2, 0) is 9.84 Å². The fourth-order valence-corrected chi connectivity index (χ4v) is 4.00. The Morgan fingerprint density at radius 1 is 1.47 bits per heavy atom. The molecule has 1 aromatic rings. The van der Waals surface area contributed by atoms with Gasteiger partial charge in [-0.2, -0.15) is 0 Å². The van der Waals surface area contributed by atoms with Gasteiger partial charge in [-0.1, -0.05) is 6.92 Å². The summed E-state index contributed by atoms with van der Waals surface area (Å²) in [4.78, 5) is 0.437. The molecule has 0 radical (unpaired) electrons. The van der Waals surface area contributed by atoms with E-state index in [1.165, 1.54) is 0 Å². The highest BCUT2D eigenvalue weighted by atomic mass is 127. The van der Waals surface area contributed by atoms with Gasteiger partial charge in [0.25, 0.3) is 0 Å². The molecule has 0 fully saturated rings. The van der Waals surface area contributed by atoms with E-state index in [2.05, 4.69) is 27.9 Å². The average molecular weight is 337 g/mol. The molecule has 5 heteroatoms. The molecule has 1 unspecified atom stereocenters. The zero-order valence-electron chi connectivity index (χ0n) is 8.33. The van der Waals surface area contributed by atoms with Crippen molar-refractivity contribution in [3.8, 4) is 0 Å². The lowest BCUT2D eigenvalue weighted by Crippen LogP contribution is -2.15. The molecule has 1 aromatic carbocycles. The molecule has 0 saturated heterocycles. The Morgan fingerprint density at radius 3 is 2.93 bits per heavy atom. The third-order valence-electron chi connectivity index (χ3n) is 2.42. The van der Waals surface area contributed by atoms with Gasteiger partial charge in [0.2, 0.25) is 0 Å². The van der Waals surface area contributed by atoms with Crippen LogP contribution in [0.2, 0.25) is 0 Å². The Balaban J connectivity index is 2.58. The second-order valence-corrected chi connectivity index (χ2v) is 7.16. The van der Waals surface area contributed by atoms with Crippen LogP contribution in [0.4, 0.5) is 5.69 Å². The van der Waals surface area contributed by atoms with E-state index in [1.807, 2.05) is 19.1 Å². The van der Waals surface area contributed by atoms with E-state index in [0.29, 0.717) is 11.4 Å². The van der Waals surface area contributed by atoms with Crippen LogP contribution in [0.15, 0.2) is 23.1 Å². The van der Waals surface area contributed by atoms with E-state index < -0.39 is 9.84 Å². The monoisotopic (exact) mass is 337 g/mol. The molecule has 0 spiro atoms. The number of sulfone groups is 1. The van der Waals surface area contributed by atoms with Gasteiger partial charge >= 0.3 is 0 Å². The van der Waals surface area contributed by atoms with E-state index in [9.17, 15) is 8.42 Å². The summed E-state index contributed by atoms with van der Waals surface area (Å²) in [5.74, 6) is 0.383. The first kappa shape index (κ1) is 11.2. The minimum atomic E-state index is -3.11. The highest BCUT2D eigenvalue weighted by Gasteiger charge is 2.25. The molecule has 1 aliphatic rings. The number of halogens is 1. The molecule has 1 N–H and O–H groups in total. The molecule has 0 bridgehead atoms. The largest absolute Gasteiger partial charge is 0.384 e. The zero-order valence-corrected chi connectivity index (χ0v) is 11.3. The third-order valence-corrected chi connectivity index (χ3v) is 5.13. The average Bonchev–Trinajstić information content (AvgIpc) is 2.23. The van der Waals surface area contributed by atoms with Gasteiger partial charge in [0, 0.05) is 10.1 Å². The van der Waals surface area contributed by atoms with Crippen molar-refractivity contribution >= 4 is 38.1 Å². The lowest BCUT2D eigenvalue weighted by molar-refractivity contribution is 0.582. The molecule has 82 valence electrons. The zero-order chi connectivity index (χ0) is 11.1. The Bertz CT molecular complexity index is 484. The van der Waals surface area contributed by atoms with Gasteiger partial charge in [0.1, 0.15) is 0 Å². The summed E-state index contributed by atoms with van der Waals surface area (Å²) in [7, 11) is -3.11. The van der Waals surface area contributed by atoms with E-state index in [1.54, 1.807) is 6.07 Å². The molecule has 2 rings (SSSR count). The van der Waals surface area contributed by atoms with Crippen molar-refractivity contribution in [2.75, 3.05) is 17.6 Å². The van der Waals surface area contributed by atoms with Gasteiger partial charge in [0.15, 0.2) is 9.84 Å². The predicted molar refractivity (Wildman–Crippen MR) is 68.9 cm³/mol. The molecular weight excluding hydrogens is 325 g/mol. The van der Waals surface area contributed by atoms with Crippen molar-refractivity contribution in [1.29, 1.82) is 0 Å². The predicted octanol–water partition coefficient (Wildman–Crippen LogP) is 2.13. The summed E-state index contributed by atoms with van der Waals surface area (Å²) >= 11 is 2.18. The Morgan fingerprint density at radius 2 is 2.20 bits per heavy atom. The van der Waals surface area contributed by atoms with Crippen molar-refractivity contribution in [3.63, 3.8) is 0 Å². The van der Waals surface area contributed by atoms with Crippen LogP contribution in [-0.4, -0.2) is 20.7 Å². The summed E-state index contributed by atoms with van der Waals surface area (Å²) in [6.45, 7) is 2.66. The highest BCUT2D eigenvalue weighted by Crippen LogP contribution is 2.28. The fraction of sp³-hybridized carbons (Fsp3) is 0.400. The van der Waals surface area contributed by atoms with Crippen molar-refractivity contribution in [2.24, 2.45) is 5.92 Å². The number of hydrogen-bond acceptors (Lipinski definition) is 3. The van der Waals surface area contributed by atoms with Crippen LogP contribution in [0, 0.1) is 9.49 Å². The smallest absolute Gasteiger partial charge is 0.180 e. The Kier molecular flexibility index (Phi) is 2.94. The van der Waals surface area contributed by atoms with Crippen LogP contribution in [0.5, 0.6) is 0 Å².